The van der Waals surface area contributed by atoms with Crippen molar-refractivity contribution in [1.82, 2.24) is 10.6 Å². The second kappa shape index (κ2) is 13.8. The van der Waals surface area contributed by atoms with Crippen molar-refractivity contribution >= 4 is 29.4 Å². The average Bonchev–Trinajstić information content (AvgIpc) is 2.86. The zero-order chi connectivity index (χ0) is 30.1. The molecule has 0 radical (unpaired) electrons. The first-order valence-corrected chi connectivity index (χ1v) is 12.8. The fraction of sp³-hybridized carbons (Fsp3) is 0.448. The van der Waals surface area contributed by atoms with Gasteiger partial charge in [-0.05, 0) is 56.0 Å². The summed E-state index contributed by atoms with van der Waals surface area (Å²) >= 11 is 0. The van der Waals surface area contributed by atoms with E-state index in [2.05, 4.69) is 16.0 Å². The summed E-state index contributed by atoms with van der Waals surface area (Å²) in [6.07, 6.45) is -0.562. The lowest BCUT2D eigenvalue weighted by molar-refractivity contribution is -0.147. The number of carbonyl (C=O) groups is 3. The maximum Gasteiger partial charge on any atom is 0.407 e. The Hall–Kier alpha value is -4.15. The zero-order valence-electron chi connectivity index (χ0n) is 24.1. The number of halogens is 1. The summed E-state index contributed by atoms with van der Waals surface area (Å²) in [5, 5.41) is 17.0. The Morgan fingerprint density at radius 2 is 1.65 bits per heavy atom. The molecule has 10 nitrogen and oxygen atoms in total. The highest BCUT2D eigenvalue weighted by Crippen LogP contribution is 2.25. The molecule has 1 unspecified atom stereocenters. The highest BCUT2D eigenvalue weighted by Gasteiger charge is 2.34. The molecule has 4 N–H and O–H groups in total. The number of benzene rings is 2. The fourth-order valence-electron chi connectivity index (χ4n) is 3.49. The molecule has 2 amide bonds. The number of esters is 1. The van der Waals surface area contributed by atoms with Crippen molar-refractivity contribution in [2.24, 2.45) is 5.41 Å². The van der Waals surface area contributed by atoms with Crippen LogP contribution in [0, 0.1) is 16.6 Å². The van der Waals surface area contributed by atoms with Gasteiger partial charge >= 0.3 is 12.1 Å². The van der Waals surface area contributed by atoms with Crippen LogP contribution in [0.1, 0.15) is 52.7 Å². The molecule has 0 spiro atoms. The number of hydrogen-bond donors (Lipinski definition) is 4. The van der Waals surface area contributed by atoms with Gasteiger partial charge in [0.05, 0.1) is 13.7 Å². The van der Waals surface area contributed by atoms with Crippen LogP contribution in [0.3, 0.4) is 0 Å². The van der Waals surface area contributed by atoms with E-state index in [1.54, 1.807) is 71.9 Å². The molecule has 0 heterocycles. The third-order valence-electron chi connectivity index (χ3n) is 5.50. The predicted octanol–water partition coefficient (Wildman–Crippen LogP) is 4.41. The highest BCUT2D eigenvalue weighted by molar-refractivity contribution is 6.45. The van der Waals surface area contributed by atoms with E-state index in [9.17, 15) is 18.8 Å². The van der Waals surface area contributed by atoms with Gasteiger partial charge in [-0.15, -0.1) is 0 Å². The van der Waals surface area contributed by atoms with Gasteiger partial charge in [0.2, 0.25) is 0 Å². The Morgan fingerprint density at radius 3 is 2.23 bits per heavy atom. The van der Waals surface area contributed by atoms with Gasteiger partial charge in [-0.2, -0.15) is 0 Å². The molecule has 1 atom stereocenters. The normalized spacial score (nSPS) is 12.1. The molecule has 218 valence electrons. The van der Waals surface area contributed by atoms with Crippen molar-refractivity contribution in [3.63, 3.8) is 0 Å². The lowest BCUT2D eigenvalue weighted by Crippen LogP contribution is -2.51. The number of alkyl carbamates (subject to hydrolysis) is 1. The minimum atomic E-state index is -0.971. The smallest absolute Gasteiger partial charge is 0.407 e. The van der Waals surface area contributed by atoms with E-state index in [4.69, 9.17) is 19.6 Å². The summed E-state index contributed by atoms with van der Waals surface area (Å²) in [6.45, 7) is 11.2. The van der Waals surface area contributed by atoms with Crippen molar-refractivity contribution in [3.05, 3.63) is 59.4 Å². The van der Waals surface area contributed by atoms with E-state index in [0.717, 1.165) is 5.56 Å². The van der Waals surface area contributed by atoms with Crippen molar-refractivity contribution in [1.29, 1.82) is 5.41 Å². The van der Waals surface area contributed by atoms with Gasteiger partial charge in [0.25, 0.3) is 5.91 Å². The van der Waals surface area contributed by atoms with Crippen molar-refractivity contribution in [3.8, 4) is 5.75 Å². The Bertz CT molecular complexity index is 1200. The van der Waals surface area contributed by atoms with Crippen LogP contribution in [0.5, 0.6) is 5.75 Å². The molecule has 11 heteroatoms. The average molecular weight is 559 g/mol. The number of nitrogens with one attached hydrogen (secondary N) is 4. The zero-order valence-corrected chi connectivity index (χ0v) is 24.1. The lowest BCUT2D eigenvalue weighted by Gasteiger charge is -2.29. The number of carbonyl (C=O) groups excluding carboxylic acids is 3. The Balaban J connectivity index is 2.21. The van der Waals surface area contributed by atoms with Gasteiger partial charge in [0.1, 0.15) is 35.5 Å². The standard InChI is InChI=1S/C29H39FN4O6/c1-28(2,3)24(26(36)38-7)34-25(35)23(31)21-13-12-20(39-15-14-32-27(37)40-29(4,5)6)16-22(21)33-17-18-8-10-19(30)11-9-18/h8-13,16,24,31,33H,14-15,17H2,1-7H3,(H,32,37)(H,34,35). The maximum atomic E-state index is 13.3. The Kier molecular flexibility index (Phi) is 11.0. The minimum absolute atomic E-state index is 0.139. The van der Waals surface area contributed by atoms with Crippen LogP contribution in [0.15, 0.2) is 42.5 Å². The molecule has 2 aromatic carbocycles. The largest absolute Gasteiger partial charge is 0.492 e. The minimum Gasteiger partial charge on any atom is -0.492 e. The molecule has 0 aliphatic heterocycles. The summed E-state index contributed by atoms with van der Waals surface area (Å²) < 4.78 is 29.1. The Labute approximate surface area is 234 Å². The molecule has 0 saturated carbocycles. The molecule has 0 bridgehead atoms. The van der Waals surface area contributed by atoms with Crippen LogP contribution in [0.4, 0.5) is 14.9 Å². The number of amides is 2. The summed E-state index contributed by atoms with van der Waals surface area (Å²) in [6, 6.07) is 9.70. The third kappa shape index (κ3) is 10.2. The molecule has 0 aromatic heterocycles. The van der Waals surface area contributed by atoms with Gasteiger partial charge in [0.15, 0.2) is 0 Å². The molecule has 2 rings (SSSR count). The molecule has 0 aliphatic carbocycles. The van der Waals surface area contributed by atoms with Crippen LogP contribution in [0.2, 0.25) is 0 Å². The number of ether oxygens (including phenoxy) is 3. The van der Waals surface area contributed by atoms with Gasteiger partial charge < -0.3 is 30.2 Å². The summed E-state index contributed by atoms with van der Waals surface area (Å²) in [4.78, 5) is 37.2. The quantitative estimate of drug-likeness (QED) is 0.182. The van der Waals surface area contributed by atoms with Crippen LogP contribution >= 0.6 is 0 Å². The number of anilines is 1. The maximum absolute atomic E-state index is 13.3. The van der Waals surface area contributed by atoms with Crippen molar-refractivity contribution in [2.45, 2.75) is 59.7 Å². The van der Waals surface area contributed by atoms with Crippen LogP contribution in [-0.2, 0) is 25.6 Å². The second-order valence-corrected chi connectivity index (χ2v) is 11.1. The van der Waals surface area contributed by atoms with E-state index >= 15 is 0 Å². The SMILES string of the molecule is COC(=O)C(NC(=O)C(=N)c1ccc(OCCNC(=O)OC(C)(C)C)cc1NCc1ccc(F)cc1)C(C)(C)C. The van der Waals surface area contributed by atoms with Crippen molar-refractivity contribution in [2.75, 3.05) is 25.6 Å². The van der Waals surface area contributed by atoms with E-state index in [1.807, 2.05) is 0 Å². The molecule has 0 saturated heterocycles. The van der Waals surface area contributed by atoms with Crippen molar-refractivity contribution < 1.29 is 33.0 Å². The second-order valence-electron chi connectivity index (χ2n) is 11.1. The molecule has 40 heavy (non-hydrogen) atoms. The number of methoxy groups -OCH3 is 1. The number of hydrogen-bond acceptors (Lipinski definition) is 8. The van der Waals surface area contributed by atoms with Gasteiger partial charge in [0, 0.05) is 23.9 Å². The van der Waals surface area contributed by atoms with E-state index in [1.165, 1.54) is 19.2 Å². The summed E-state index contributed by atoms with van der Waals surface area (Å²) in [5.41, 5.74) is -0.208. The fourth-order valence-corrected chi connectivity index (χ4v) is 3.49. The van der Waals surface area contributed by atoms with Crippen LogP contribution in [0.25, 0.3) is 0 Å². The summed E-state index contributed by atoms with van der Waals surface area (Å²) in [5.74, 6) is -1.32. The molecule has 0 fully saturated rings. The topological polar surface area (TPSA) is 139 Å². The molecular weight excluding hydrogens is 519 g/mol. The number of rotatable bonds is 11. The van der Waals surface area contributed by atoms with Crippen LogP contribution in [-0.4, -0.2) is 55.6 Å². The third-order valence-corrected chi connectivity index (χ3v) is 5.50. The predicted molar refractivity (Wildman–Crippen MR) is 150 cm³/mol. The molecule has 2 aromatic rings. The van der Waals surface area contributed by atoms with E-state index in [0.29, 0.717) is 11.4 Å². The van der Waals surface area contributed by atoms with Crippen LogP contribution < -0.4 is 20.7 Å². The first-order valence-electron chi connectivity index (χ1n) is 12.8. The lowest BCUT2D eigenvalue weighted by atomic mass is 9.86. The molecule has 0 aliphatic rings. The van der Waals surface area contributed by atoms with E-state index in [-0.39, 0.29) is 36.8 Å². The van der Waals surface area contributed by atoms with E-state index < -0.39 is 35.0 Å². The first-order chi connectivity index (χ1) is 18.6. The first kappa shape index (κ1) is 32.1. The van der Waals surface area contributed by atoms with Gasteiger partial charge in [-0.1, -0.05) is 32.9 Å². The van der Waals surface area contributed by atoms with Gasteiger partial charge in [-0.25, -0.2) is 14.0 Å². The van der Waals surface area contributed by atoms with Gasteiger partial charge in [-0.3, -0.25) is 10.2 Å². The molecular formula is C29H39FN4O6. The monoisotopic (exact) mass is 558 g/mol. The Morgan fingerprint density at radius 1 is 1.00 bits per heavy atom. The summed E-state index contributed by atoms with van der Waals surface area (Å²) in [7, 11) is 1.23. The highest BCUT2D eigenvalue weighted by atomic mass is 19.1.